The Hall–Kier alpha value is -2.33. The Morgan fingerprint density at radius 3 is 2.60 bits per heavy atom. The van der Waals surface area contributed by atoms with Crippen molar-refractivity contribution in [2.45, 2.75) is 12.8 Å². The molecule has 5 heteroatoms. The number of piperidine rings is 1. The maximum absolute atomic E-state index is 11.3. The largest absolute Gasteiger partial charge is 0.371 e. The third kappa shape index (κ3) is 3.02. The fourth-order valence-corrected chi connectivity index (χ4v) is 3.83. The van der Waals surface area contributed by atoms with E-state index in [0.717, 1.165) is 48.4 Å². The second kappa shape index (κ2) is 6.52. The molecular formula is C20H20ClN3O. The number of benzene rings is 2. The number of rotatable bonds is 3. The van der Waals surface area contributed by atoms with E-state index in [1.165, 1.54) is 5.69 Å². The van der Waals surface area contributed by atoms with Gasteiger partial charge in [0.15, 0.2) is 0 Å². The Morgan fingerprint density at radius 2 is 1.88 bits per heavy atom. The highest BCUT2D eigenvalue weighted by Gasteiger charge is 2.24. The quantitative estimate of drug-likeness (QED) is 0.661. The molecule has 2 heterocycles. The van der Waals surface area contributed by atoms with Crippen LogP contribution in [0.2, 0.25) is 0 Å². The molecule has 4 nitrogen and oxygen atoms in total. The molecule has 128 valence electrons. The second-order valence-electron chi connectivity index (χ2n) is 6.60. The summed E-state index contributed by atoms with van der Waals surface area (Å²) in [5.41, 5.74) is 4.41. The number of halogens is 1. The highest BCUT2D eigenvalue weighted by atomic mass is 35.5. The van der Waals surface area contributed by atoms with Crippen molar-refractivity contribution in [3.05, 3.63) is 48.5 Å². The van der Waals surface area contributed by atoms with Gasteiger partial charge >= 0.3 is 0 Å². The van der Waals surface area contributed by atoms with Crippen molar-refractivity contribution in [1.29, 1.82) is 0 Å². The van der Waals surface area contributed by atoms with E-state index in [1.54, 1.807) is 0 Å². The van der Waals surface area contributed by atoms with Crippen LogP contribution in [0.4, 0.5) is 5.69 Å². The van der Waals surface area contributed by atoms with Gasteiger partial charge in [0.05, 0.1) is 11.0 Å². The van der Waals surface area contributed by atoms with Crippen molar-refractivity contribution in [3.63, 3.8) is 0 Å². The molecule has 0 saturated carbocycles. The third-order valence-corrected chi connectivity index (χ3v) is 5.38. The molecule has 0 aliphatic carbocycles. The van der Waals surface area contributed by atoms with Gasteiger partial charge in [-0.2, -0.15) is 0 Å². The topological polar surface area (TPSA) is 38.1 Å². The maximum atomic E-state index is 11.3. The van der Waals surface area contributed by atoms with Crippen LogP contribution in [0.1, 0.15) is 12.8 Å². The molecule has 1 fully saturated rings. The van der Waals surface area contributed by atoms with E-state index in [9.17, 15) is 4.79 Å². The van der Waals surface area contributed by atoms with Crippen LogP contribution in [0, 0.1) is 5.92 Å². The van der Waals surface area contributed by atoms with Crippen LogP contribution in [0.15, 0.2) is 48.5 Å². The highest BCUT2D eigenvalue weighted by molar-refractivity contribution is 6.64. The van der Waals surface area contributed by atoms with Crippen LogP contribution in [0.25, 0.3) is 22.4 Å². The number of aryl methyl sites for hydroxylation is 1. The highest BCUT2D eigenvalue weighted by Crippen LogP contribution is 2.29. The van der Waals surface area contributed by atoms with Crippen LogP contribution in [-0.2, 0) is 11.8 Å². The van der Waals surface area contributed by atoms with Crippen LogP contribution < -0.4 is 4.90 Å². The smallest absolute Gasteiger partial charge is 0.224 e. The molecule has 0 bridgehead atoms. The van der Waals surface area contributed by atoms with Crippen molar-refractivity contribution >= 4 is 33.6 Å². The first-order chi connectivity index (χ1) is 12.1. The molecule has 0 unspecified atom stereocenters. The summed E-state index contributed by atoms with van der Waals surface area (Å²) in [5.74, 6) is 0.967. The van der Waals surface area contributed by atoms with Crippen LogP contribution >= 0.6 is 11.6 Å². The zero-order valence-corrected chi connectivity index (χ0v) is 14.9. The summed E-state index contributed by atoms with van der Waals surface area (Å²) >= 11 is 5.64. The number of carbonyl (C=O) groups is 1. The predicted octanol–water partition coefficient (Wildman–Crippen LogP) is 4.22. The molecule has 1 aliphatic rings. The van der Waals surface area contributed by atoms with Gasteiger partial charge in [0.25, 0.3) is 0 Å². The van der Waals surface area contributed by atoms with Gasteiger partial charge in [-0.05, 0) is 48.7 Å². The summed E-state index contributed by atoms with van der Waals surface area (Å²) in [5, 5.41) is -0.201. The fourth-order valence-electron chi connectivity index (χ4n) is 3.61. The lowest BCUT2D eigenvalue weighted by molar-refractivity contribution is -0.115. The third-order valence-electron chi connectivity index (χ3n) is 5.07. The Bertz CT molecular complexity index is 926. The Labute approximate surface area is 152 Å². The average Bonchev–Trinajstić information content (AvgIpc) is 2.99. The maximum Gasteiger partial charge on any atom is 0.224 e. The molecule has 0 spiro atoms. The van der Waals surface area contributed by atoms with E-state index in [0.29, 0.717) is 0 Å². The fraction of sp³-hybridized carbons (Fsp3) is 0.300. The zero-order valence-electron chi connectivity index (χ0n) is 14.2. The SMILES string of the molecule is Cn1c(-c2cccc(N3CCC(C(=O)Cl)CC3)c2)nc2ccccc21. The molecule has 0 atom stereocenters. The number of para-hydroxylation sites is 2. The van der Waals surface area contributed by atoms with Gasteiger partial charge in [-0.25, -0.2) is 4.98 Å². The van der Waals surface area contributed by atoms with Crippen molar-refractivity contribution in [2.75, 3.05) is 18.0 Å². The van der Waals surface area contributed by atoms with Crippen LogP contribution in [0.3, 0.4) is 0 Å². The summed E-state index contributed by atoms with van der Waals surface area (Å²) < 4.78 is 2.13. The molecule has 0 N–H and O–H groups in total. The number of fused-ring (bicyclic) bond motifs is 1. The minimum atomic E-state index is -0.201. The van der Waals surface area contributed by atoms with Crippen molar-refractivity contribution in [1.82, 2.24) is 9.55 Å². The van der Waals surface area contributed by atoms with Crippen molar-refractivity contribution < 1.29 is 4.79 Å². The van der Waals surface area contributed by atoms with Crippen LogP contribution in [0.5, 0.6) is 0 Å². The number of anilines is 1. The Kier molecular flexibility index (Phi) is 4.22. The molecule has 25 heavy (non-hydrogen) atoms. The summed E-state index contributed by atoms with van der Waals surface area (Å²) in [6.45, 7) is 1.71. The van der Waals surface area contributed by atoms with E-state index in [4.69, 9.17) is 16.6 Å². The lowest BCUT2D eigenvalue weighted by Crippen LogP contribution is -2.35. The Balaban J connectivity index is 1.63. The molecule has 2 aromatic carbocycles. The molecule has 3 aromatic rings. The summed E-state index contributed by atoms with van der Waals surface area (Å²) in [4.78, 5) is 18.4. The van der Waals surface area contributed by atoms with Gasteiger partial charge in [-0.15, -0.1) is 0 Å². The minimum absolute atomic E-state index is 0.000869. The first-order valence-corrected chi connectivity index (χ1v) is 8.97. The van der Waals surface area contributed by atoms with Gasteiger partial charge in [0.1, 0.15) is 5.82 Å². The summed E-state index contributed by atoms with van der Waals surface area (Å²) in [6, 6.07) is 16.6. The predicted molar refractivity (Wildman–Crippen MR) is 102 cm³/mol. The minimum Gasteiger partial charge on any atom is -0.371 e. The monoisotopic (exact) mass is 353 g/mol. The normalized spacial score (nSPS) is 15.7. The Morgan fingerprint density at radius 1 is 1.12 bits per heavy atom. The van der Waals surface area contributed by atoms with E-state index < -0.39 is 0 Å². The second-order valence-corrected chi connectivity index (χ2v) is 6.97. The first-order valence-electron chi connectivity index (χ1n) is 8.59. The van der Waals surface area contributed by atoms with E-state index in [1.807, 2.05) is 18.2 Å². The standard InChI is InChI=1S/C20H20ClN3O/c1-23-18-8-3-2-7-17(18)22-20(23)15-5-4-6-16(13-15)24-11-9-14(10-12-24)19(21)25/h2-8,13-14H,9-12H2,1H3. The van der Waals surface area contributed by atoms with E-state index in [-0.39, 0.29) is 11.2 Å². The van der Waals surface area contributed by atoms with Crippen molar-refractivity contribution in [3.8, 4) is 11.4 Å². The number of aromatic nitrogens is 2. The number of hydrogen-bond acceptors (Lipinski definition) is 3. The first kappa shape index (κ1) is 16.2. The van der Waals surface area contributed by atoms with Gasteiger partial charge in [-0.1, -0.05) is 24.3 Å². The van der Waals surface area contributed by atoms with E-state index >= 15 is 0 Å². The van der Waals surface area contributed by atoms with Crippen LogP contribution in [-0.4, -0.2) is 27.9 Å². The van der Waals surface area contributed by atoms with E-state index in [2.05, 4.69) is 46.8 Å². The summed E-state index contributed by atoms with van der Waals surface area (Å²) in [6.07, 6.45) is 1.64. The van der Waals surface area contributed by atoms with Gasteiger partial charge in [0, 0.05) is 37.3 Å². The molecule has 4 rings (SSSR count). The average molecular weight is 354 g/mol. The number of imidazole rings is 1. The molecule has 1 aliphatic heterocycles. The number of carbonyl (C=O) groups excluding carboxylic acids is 1. The molecule has 0 amide bonds. The molecule has 1 aromatic heterocycles. The zero-order chi connectivity index (χ0) is 17.4. The molecule has 0 radical (unpaired) electrons. The summed E-state index contributed by atoms with van der Waals surface area (Å²) in [7, 11) is 2.05. The lowest BCUT2D eigenvalue weighted by Gasteiger charge is -2.32. The number of nitrogens with zero attached hydrogens (tertiary/aromatic N) is 3. The van der Waals surface area contributed by atoms with Gasteiger partial charge in [0.2, 0.25) is 5.24 Å². The molecular weight excluding hydrogens is 334 g/mol. The van der Waals surface area contributed by atoms with Gasteiger partial charge < -0.3 is 9.47 Å². The van der Waals surface area contributed by atoms with Crippen molar-refractivity contribution in [2.24, 2.45) is 13.0 Å². The number of hydrogen-bond donors (Lipinski definition) is 0. The molecule has 1 saturated heterocycles. The van der Waals surface area contributed by atoms with Gasteiger partial charge in [-0.3, -0.25) is 4.79 Å². The lowest BCUT2D eigenvalue weighted by atomic mass is 9.97.